The number of nitrogens with two attached hydrogens (primary N) is 1. The van der Waals surface area contributed by atoms with Crippen LogP contribution in [0.2, 0.25) is 0 Å². The van der Waals surface area contributed by atoms with Gasteiger partial charge in [0.15, 0.2) is 5.82 Å². The van der Waals surface area contributed by atoms with Crippen molar-refractivity contribution in [2.75, 3.05) is 24.3 Å². The van der Waals surface area contributed by atoms with Crippen molar-refractivity contribution in [2.45, 2.75) is 6.54 Å². The molecule has 0 aliphatic carbocycles. The maximum absolute atomic E-state index is 11.7. The van der Waals surface area contributed by atoms with E-state index in [2.05, 4.69) is 25.5 Å². The van der Waals surface area contributed by atoms with Crippen molar-refractivity contribution in [1.82, 2.24) is 20.2 Å². The molecule has 162 valence electrons. The van der Waals surface area contributed by atoms with Gasteiger partial charge in [-0.15, -0.1) is 0 Å². The molecule has 0 fully saturated rings. The molecule has 0 saturated heterocycles. The first kappa shape index (κ1) is 21.3. The Kier molecular flexibility index (Phi) is 5.76. The van der Waals surface area contributed by atoms with E-state index in [9.17, 15) is 14.8 Å². The van der Waals surface area contributed by atoms with Crippen LogP contribution in [0.25, 0.3) is 22.4 Å². The predicted molar refractivity (Wildman–Crippen MR) is 124 cm³/mol. The molecule has 2 heterocycles. The third kappa shape index (κ3) is 4.24. The second-order valence-corrected chi connectivity index (χ2v) is 7.47. The molecule has 10 nitrogen and oxygen atoms in total. The lowest BCUT2D eigenvalue weighted by atomic mass is 9.80. The number of fused-ring (bicyclic) bond motifs is 1. The molecule has 2 aromatic heterocycles. The molecule has 0 radical (unpaired) electrons. The second kappa shape index (κ2) is 8.65. The van der Waals surface area contributed by atoms with Crippen LogP contribution in [-0.4, -0.2) is 57.3 Å². The Bertz CT molecular complexity index is 1290. The molecule has 0 spiro atoms. The Labute approximate surface area is 184 Å². The van der Waals surface area contributed by atoms with Gasteiger partial charge in [-0.2, -0.15) is 5.10 Å². The molecule has 0 unspecified atom stereocenters. The van der Waals surface area contributed by atoms with Crippen molar-refractivity contribution < 1.29 is 14.8 Å². The Morgan fingerprint density at radius 1 is 1.16 bits per heavy atom. The minimum atomic E-state index is -1.53. The van der Waals surface area contributed by atoms with Gasteiger partial charge >= 0.3 is 7.12 Å². The van der Waals surface area contributed by atoms with E-state index in [1.807, 2.05) is 31.1 Å². The van der Waals surface area contributed by atoms with Crippen LogP contribution in [0.4, 0.5) is 11.6 Å². The van der Waals surface area contributed by atoms with E-state index in [0.717, 1.165) is 5.56 Å². The zero-order valence-electron chi connectivity index (χ0n) is 17.6. The number of carbonyl (C=O) groups excluding carboxylic acids is 1. The topological polar surface area (TPSA) is 153 Å². The van der Waals surface area contributed by atoms with Crippen molar-refractivity contribution in [1.29, 1.82) is 0 Å². The molecule has 6 N–H and O–H groups in total. The lowest BCUT2D eigenvalue weighted by Crippen LogP contribution is -2.30. The summed E-state index contributed by atoms with van der Waals surface area (Å²) in [5.74, 6) is 1.06. The maximum Gasteiger partial charge on any atom is 0.488 e. The first-order valence-electron chi connectivity index (χ1n) is 9.86. The smallest absolute Gasteiger partial charge is 0.423 e. The monoisotopic (exact) mass is 431 g/mol. The van der Waals surface area contributed by atoms with Crippen molar-refractivity contribution in [3.63, 3.8) is 0 Å². The highest BCUT2D eigenvalue weighted by molar-refractivity contribution is 6.58. The zero-order chi connectivity index (χ0) is 22.8. The highest BCUT2D eigenvalue weighted by Gasteiger charge is 2.17. The minimum Gasteiger partial charge on any atom is -0.423 e. The molecule has 4 rings (SSSR count). The Balaban J connectivity index is 1.70. The van der Waals surface area contributed by atoms with Crippen LogP contribution in [0.3, 0.4) is 0 Å². The maximum atomic E-state index is 11.7. The van der Waals surface area contributed by atoms with Gasteiger partial charge in [0, 0.05) is 32.1 Å². The van der Waals surface area contributed by atoms with Gasteiger partial charge in [-0.25, -0.2) is 9.97 Å². The number of carbonyl (C=O) groups is 1. The summed E-state index contributed by atoms with van der Waals surface area (Å²) in [6.45, 7) is 0.414. The van der Waals surface area contributed by atoms with E-state index in [0.29, 0.717) is 51.6 Å². The van der Waals surface area contributed by atoms with Crippen molar-refractivity contribution in [2.24, 2.45) is 5.73 Å². The Hall–Kier alpha value is -3.96. The van der Waals surface area contributed by atoms with Gasteiger partial charge in [-0.05, 0) is 17.1 Å². The number of nitrogens with zero attached hydrogens (tertiary/aromatic N) is 4. The van der Waals surface area contributed by atoms with Gasteiger partial charge in [0.25, 0.3) is 5.91 Å². The first-order valence-corrected chi connectivity index (χ1v) is 9.86. The van der Waals surface area contributed by atoms with E-state index in [1.165, 1.54) is 0 Å². The van der Waals surface area contributed by atoms with Crippen LogP contribution in [0, 0.1) is 0 Å². The van der Waals surface area contributed by atoms with E-state index in [-0.39, 0.29) is 0 Å². The second-order valence-electron chi connectivity index (χ2n) is 7.47. The molecule has 11 heteroatoms. The number of benzene rings is 2. The summed E-state index contributed by atoms with van der Waals surface area (Å²) in [5.41, 5.74) is 8.12. The number of aromatic nitrogens is 4. The fourth-order valence-electron chi connectivity index (χ4n) is 3.33. The van der Waals surface area contributed by atoms with Gasteiger partial charge in [-0.1, -0.05) is 36.4 Å². The van der Waals surface area contributed by atoms with Crippen LogP contribution < -0.4 is 21.4 Å². The van der Waals surface area contributed by atoms with Crippen LogP contribution in [0.1, 0.15) is 15.9 Å². The largest absolute Gasteiger partial charge is 0.488 e. The molecule has 4 aromatic rings. The zero-order valence-corrected chi connectivity index (χ0v) is 17.6. The number of anilines is 2. The molecule has 0 atom stereocenters. The summed E-state index contributed by atoms with van der Waals surface area (Å²) in [4.78, 5) is 22.8. The van der Waals surface area contributed by atoms with Gasteiger partial charge in [0.05, 0.1) is 11.1 Å². The number of amides is 1. The summed E-state index contributed by atoms with van der Waals surface area (Å²) in [5, 5.41) is 29.9. The molecule has 0 bridgehead atoms. The quantitative estimate of drug-likeness (QED) is 0.265. The van der Waals surface area contributed by atoms with E-state index in [4.69, 9.17) is 5.73 Å². The summed E-state index contributed by atoms with van der Waals surface area (Å²) in [7, 11) is 2.21. The number of primary amides is 1. The molecule has 1 amide bonds. The number of nitrogens with one attached hydrogen (secondary N) is 2. The number of aromatic amines is 1. The van der Waals surface area contributed by atoms with Crippen molar-refractivity contribution >= 4 is 41.0 Å². The van der Waals surface area contributed by atoms with Gasteiger partial charge in [0.2, 0.25) is 0 Å². The SMILES string of the molecule is CN(C)c1cc(NCc2cccc(B(O)O)c2)nc(-c2n[nH]c3c(C(N)=O)cccc23)n1. The average Bonchev–Trinajstić information content (AvgIpc) is 3.21. The predicted octanol–water partition coefficient (Wildman–Crippen LogP) is 0.477. The normalized spacial score (nSPS) is 10.9. The Morgan fingerprint density at radius 3 is 2.66 bits per heavy atom. The lowest BCUT2D eigenvalue weighted by Gasteiger charge is -2.15. The molecule has 0 aliphatic rings. The Morgan fingerprint density at radius 2 is 1.94 bits per heavy atom. The molecular formula is C21H22BN7O3. The standard InChI is InChI=1S/C21H22BN7O3/c1-29(2)17-10-16(24-11-12-5-3-6-13(9-12)22(31)32)25-21(26-17)19-14-7-4-8-15(20(23)30)18(14)27-28-19/h3-10,31-32H,11H2,1-2H3,(H2,23,30)(H,27,28)(H,24,25,26). The van der Waals surface area contributed by atoms with Crippen LogP contribution in [-0.2, 0) is 6.54 Å². The van der Waals surface area contributed by atoms with Crippen molar-refractivity contribution in [3.8, 4) is 11.5 Å². The average molecular weight is 431 g/mol. The van der Waals surface area contributed by atoms with E-state index >= 15 is 0 Å². The number of para-hydroxylation sites is 1. The lowest BCUT2D eigenvalue weighted by molar-refractivity contribution is 0.100. The van der Waals surface area contributed by atoms with Gasteiger partial charge in [0.1, 0.15) is 17.3 Å². The van der Waals surface area contributed by atoms with Crippen LogP contribution in [0.15, 0.2) is 48.5 Å². The van der Waals surface area contributed by atoms with Gasteiger partial charge in [-0.3, -0.25) is 9.89 Å². The third-order valence-electron chi connectivity index (χ3n) is 4.97. The fourth-order valence-corrected chi connectivity index (χ4v) is 3.33. The highest BCUT2D eigenvalue weighted by atomic mass is 16.4. The number of rotatable bonds is 7. The fraction of sp³-hybridized carbons (Fsp3) is 0.143. The van der Waals surface area contributed by atoms with Crippen LogP contribution in [0.5, 0.6) is 0 Å². The van der Waals surface area contributed by atoms with E-state index < -0.39 is 13.0 Å². The highest BCUT2D eigenvalue weighted by Crippen LogP contribution is 2.28. The first-order chi connectivity index (χ1) is 15.3. The molecule has 0 saturated carbocycles. The molecule has 2 aromatic carbocycles. The summed E-state index contributed by atoms with van der Waals surface area (Å²) >= 11 is 0. The minimum absolute atomic E-state index is 0.342. The molecule has 0 aliphatic heterocycles. The van der Waals surface area contributed by atoms with Gasteiger partial charge < -0.3 is 26.0 Å². The van der Waals surface area contributed by atoms with Crippen molar-refractivity contribution in [3.05, 3.63) is 59.7 Å². The molecular weight excluding hydrogens is 409 g/mol. The van der Waals surface area contributed by atoms with E-state index in [1.54, 1.807) is 36.4 Å². The number of hydrogen-bond acceptors (Lipinski definition) is 8. The summed E-state index contributed by atoms with van der Waals surface area (Å²) in [6.07, 6.45) is 0. The number of hydrogen-bond donors (Lipinski definition) is 5. The number of H-pyrrole nitrogens is 1. The van der Waals surface area contributed by atoms with Crippen LogP contribution >= 0.6 is 0 Å². The molecule has 32 heavy (non-hydrogen) atoms. The third-order valence-corrected chi connectivity index (χ3v) is 4.97. The summed E-state index contributed by atoms with van der Waals surface area (Å²) < 4.78 is 0. The summed E-state index contributed by atoms with van der Waals surface area (Å²) in [6, 6.07) is 14.0.